The molecule has 0 spiro atoms. The summed E-state index contributed by atoms with van der Waals surface area (Å²) in [7, 11) is 0. The predicted molar refractivity (Wildman–Crippen MR) is 92.5 cm³/mol. The Morgan fingerprint density at radius 3 is 2.80 bits per heavy atom. The molecule has 2 rings (SSSR count). The molecular formula is C15H17Br2NOS. The summed E-state index contributed by atoms with van der Waals surface area (Å²) in [6.45, 7) is 4.66. The molecule has 0 bridgehead atoms. The minimum Gasteiger partial charge on any atom is -0.488 e. The van der Waals surface area contributed by atoms with Gasteiger partial charge in [0.15, 0.2) is 0 Å². The van der Waals surface area contributed by atoms with Gasteiger partial charge in [0.2, 0.25) is 0 Å². The maximum atomic E-state index is 5.85. The Balaban J connectivity index is 1.95. The molecule has 0 aliphatic carbocycles. The molecule has 1 aromatic carbocycles. The molecule has 0 aliphatic heterocycles. The van der Waals surface area contributed by atoms with Crippen molar-refractivity contribution >= 4 is 43.2 Å². The number of rotatable bonds is 7. The van der Waals surface area contributed by atoms with Gasteiger partial charge in [0.25, 0.3) is 0 Å². The molecule has 1 N–H and O–H groups in total. The quantitative estimate of drug-likeness (QED) is 0.611. The third-order valence-corrected chi connectivity index (χ3v) is 5.21. The van der Waals surface area contributed by atoms with Crippen LogP contribution in [0, 0.1) is 0 Å². The van der Waals surface area contributed by atoms with E-state index in [1.165, 1.54) is 10.4 Å². The zero-order chi connectivity index (χ0) is 14.4. The zero-order valence-corrected chi connectivity index (χ0v) is 15.3. The molecule has 0 unspecified atom stereocenters. The molecule has 108 valence electrons. The normalized spacial score (nSPS) is 10.8. The Labute approximate surface area is 140 Å². The largest absolute Gasteiger partial charge is 0.488 e. The highest BCUT2D eigenvalue weighted by molar-refractivity contribution is 9.10. The van der Waals surface area contributed by atoms with Gasteiger partial charge in [-0.05, 0) is 58.7 Å². The van der Waals surface area contributed by atoms with Crippen LogP contribution in [-0.2, 0) is 13.2 Å². The lowest BCUT2D eigenvalue weighted by molar-refractivity contribution is 0.309. The third kappa shape index (κ3) is 4.88. The average Bonchev–Trinajstić information content (AvgIpc) is 2.85. The molecular weight excluding hydrogens is 402 g/mol. The predicted octanol–water partition coefficient (Wildman–Crippen LogP) is 5.35. The smallest absolute Gasteiger partial charge is 0.122 e. The molecule has 2 aromatic rings. The van der Waals surface area contributed by atoms with Crippen molar-refractivity contribution in [2.75, 3.05) is 6.54 Å². The van der Waals surface area contributed by atoms with Crippen LogP contribution in [0.1, 0.15) is 23.8 Å². The first kappa shape index (κ1) is 16.0. The van der Waals surface area contributed by atoms with Crippen molar-refractivity contribution in [3.8, 4) is 5.75 Å². The molecule has 20 heavy (non-hydrogen) atoms. The summed E-state index contributed by atoms with van der Waals surface area (Å²) in [5, 5.41) is 5.48. The summed E-state index contributed by atoms with van der Waals surface area (Å²) >= 11 is 8.74. The van der Waals surface area contributed by atoms with Crippen LogP contribution < -0.4 is 10.1 Å². The minimum absolute atomic E-state index is 0.611. The first-order valence-corrected chi connectivity index (χ1v) is 9.00. The molecule has 0 fully saturated rings. The molecule has 0 saturated carbocycles. The van der Waals surface area contributed by atoms with E-state index in [0.29, 0.717) is 6.61 Å². The molecule has 0 saturated heterocycles. The Morgan fingerprint density at radius 1 is 1.25 bits per heavy atom. The minimum atomic E-state index is 0.611. The van der Waals surface area contributed by atoms with Gasteiger partial charge in [0.05, 0.1) is 0 Å². The fourth-order valence-corrected chi connectivity index (χ4v) is 3.51. The lowest BCUT2D eigenvalue weighted by Crippen LogP contribution is -2.14. The number of benzene rings is 1. The first-order chi connectivity index (χ1) is 9.69. The molecule has 1 aromatic heterocycles. The van der Waals surface area contributed by atoms with E-state index in [1.54, 1.807) is 11.3 Å². The fraction of sp³-hybridized carbons (Fsp3) is 0.333. The van der Waals surface area contributed by atoms with Gasteiger partial charge in [0, 0.05) is 25.7 Å². The van der Waals surface area contributed by atoms with Crippen LogP contribution in [0.3, 0.4) is 0 Å². The number of thiophene rings is 1. The van der Waals surface area contributed by atoms with Gasteiger partial charge in [0.1, 0.15) is 12.4 Å². The van der Waals surface area contributed by atoms with Gasteiger partial charge in [-0.25, -0.2) is 0 Å². The molecule has 1 heterocycles. The third-order valence-electron chi connectivity index (χ3n) is 2.76. The van der Waals surface area contributed by atoms with E-state index in [0.717, 1.165) is 34.2 Å². The summed E-state index contributed by atoms with van der Waals surface area (Å²) < 4.78 is 8.08. The second kappa shape index (κ2) is 8.17. The van der Waals surface area contributed by atoms with Crippen LogP contribution in [0.25, 0.3) is 0 Å². The van der Waals surface area contributed by atoms with Crippen LogP contribution in [0.15, 0.2) is 38.6 Å². The van der Waals surface area contributed by atoms with E-state index in [1.807, 2.05) is 12.1 Å². The van der Waals surface area contributed by atoms with Crippen molar-refractivity contribution in [2.24, 2.45) is 0 Å². The van der Waals surface area contributed by atoms with Gasteiger partial charge < -0.3 is 10.1 Å². The van der Waals surface area contributed by atoms with E-state index in [-0.39, 0.29) is 0 Å². The average molecular weight is 419 g/mol. The second-order valence-electron chi connectivity index (χ2n) is 4.45. The van der Waals surface area contributed by atoms with E-state index in [9.17, 15) is 0 Å². The summed E-state index contributed by atoms with van der Waals surface area (Å²) in [6.07, 6.45) is 1.14. The van der Waals surface area contributed by atoms with E-state index >= 15 is 0 Å². The maximum Gasteiger partial charge on any atom is 0.122 e. The summed E-state index contributed by atoms with van der Waals surface area (Å²) in [5.41, 5.74) is 1.23. The van der Waals surface area contributed by atoms with Crippen LogP contribution in [0.2, 0.25) is 0 Å². The lowest BCUT2D eigenvalue weighted by atomic mass is 10.2. The SMILES string of the molecule is CCCNCc1cc(OCc2cc(Br)cs2)ccc1Br. The number of hydrogen-bond acceptors (Lipinski definition) is 3. The van der Waals surface area contributed by atoms with Crippen LogP contribution in [0.5, 0.6) is 5.75 Å². The Morgan fingerprint density at radius 2 is 2.10 bits per heavy atom. The molecule has 5 heteroatoms. The van der Waals surface area contributed by atoms with Gasteiger partial charge in [-0.2, -0.15) is 0 Å². The number of hydrogen-bond donors (Lipinski definition) is 1. The van der Waals surface area contributed by atoms with Gasteiger partial charge >= 0.3 is 0 Å². The Bertz CT molecular complexity index is 557. The van der Waals surface area contributed by atoms with E-state index in [4.69, 9.17) is 4.74 Å². The molecule has 0 radical (unpaired) electrons. The summed E-state index contributed by atoms with van der Waals surface area (Å²) in [5.74, 6) is 0.908. The topological polar surface area (TPSA) is 21.3 Å². The zero-order valence-electron chi connectivity index (χ0n) is 11.3. The van der Waals surface area contributed by atoms with Crippen LogP contribution in [0.4, 0.5) is 0 Å². The van der Waals surface area contributed by atoms with Crippen molar-refractivity contribution in [3.05, 3.63) is 49.0 Å². The number of ether oxygens (including phenoxy) is 1. The fourth-order valence-electron chi connectivity index (χ4n) is 1.76. The van der Waals surface area contributed by atoms with Gasteiger partial charge in [-0.15, -0.1) is 11.3 Å². The molecule has 0 atom stereocenters. The van der Waals surface area contributed by atoms with Crippen molar-refractivity contribution in [2.45, 2.75) is 26.5 Å². The monoisotopic (exact) mass is 417 g/mol. The van der Waals surface area contributed by atoms with Gasteiger partial charge in [-0.1, -0.05) is 22.9 Å². The summed E-state index contributed by atoms with van der Waals surface area (Å²) in [4.78, 5) is 1.21. The van der Waals surface area contributed by atoms with Crippen molar-refractivity contribution in [1.29, 1.82) is 0 Å². The standard InChI is InChI=1S/C15H17Br2NOS/c1-2-5-18-8-11-6-13(3-4-15(11)17)19-9-14-7-12(16)10-20-14/h3-4,6-7,10,18H,2,5,8-9H2,1H3. The van der Waals surface area contributed by atoms with E-state index < -0.39 is 0 Å². The molecule has 0 amide bonds. The lowest BCUT2D eigenvalue weighted by Gasteiger charge is -2.10. The second-order valence-corrected chi connectivity index (χ2v) is 7.22. The number of halogens is 2. The Hall–Kier alpha value is -0.360. The van der Waals surface area contributed by atoms with Crippen LogP contribution in [-0.4, -0.2) is 6.54 Å². The number of nitrogens with one attached hydrogen (secondary N) is 1. The van der Waals surface area contributed by atoms with Crippen molar-refractivity contribution in [3.63, 3.8) is 0 Å². The first-order valence-electron chi connectivity index (χ1n) is 6.54. The highest BCUT2D eigenvalue weighted by Crippen LogP contribution is 2.25. The van der Waals surface area contributed by atoms with Crippen molar-refractivity contribution < 1.29 is 4.74 Å². The van der Waals surface area contributed by atoms with Crippen LogP contribution >= 0.6 is 43.2 Å². The molecule has 0 aliphatic rings. The summed E-state index contributed by atoms with van der Waals surface area (Å²) in [6, 6.07) is 8.22. The highest BCUT2D eigenvalue weighted by Gasteiger charge is 2.04. The highest BCUT2D eigenvalue weighted by atomic mass is 79.9. The maximum absolute atomic E-state index is 5.85. The van der Waals surface area contributed by atoms with Crippen molar-refractivity contribution in [1.82, 2.24) is 5.32 Å². The Kier molecular flexibility index (Phi) is 6.55. The van der Waals surface area contributed by atoms with Gasteiger partial charge in [-0.3, -0.25) is 0 Å². The van der Waals surface area contributed by atoms with E-state index in [2.05, 4.69) is 61.6 Å². The molecule has 2 nitrogen and oxygen atoms in total.